The fraction of sp³-hybridized carbons (Fsp3) is 0.200. The molecule has 2 heterocycles. The summed E-state index contributed by atoms with van der Waals surface area (Å²) in [4.78, 5) is 28.8. The molecule has 0 radical (unpaired) electrons. The van der Waals surface area contributed by atoms with Gasteiger partial charge in [-0.05, 0) is 24.6 Å². The van der Waals surface area contributed by atoms with E-state index in [4.69, 9.17) is 5.26 Å². The normalized spacial score (nSPS) is 10.2. The number of aromatic carboxylic acids is 1. The van der Waals surface area contributed by atoms with Crippen molar-refractivity contribution in [2.75, 3.05) is 23.7 Å². The Morgan fingerprint density at radius 1 is 1.07 bits per heavy atom. The van der Waals surface area contributed by atoms with Gasteiger partial charge in [0, 0.05) is 31.0 Å². The van der Waals surface area contributed by atoms with Crippen LogP contribution < -0.4 is 10.6 Å². The van der Waals surface area contributed by atoms with E-state index in [1.807, 2.05) is 13.0 Å². The first-order valence-corrected chi connectivity index (χ1v) is 9.02. The van der Waals surface area contributed by atoms with Gasteiger partial charge < -0.3 is 15.7 Å². The molecule has 0 unspecified atom stereocenters. The second-order valence-electron chi connectivity index (χ2n) is 5.99. The summed E-state index contributed by atoms with van der Waals surface area (Å²) in [5.74, 6) is -0.235. The lowest BCUT2D eigenvalue weighted by Gasteiger charge is -2.13. The van der Waals surface area contributed by atoms with Crippen LogP contribution in [0.2, 0.25) is 0 Å². The van der Waals surface area contributed by atoms with Crippen molar-refractivity contribution in [2.24, 2.45) is 0 Å². The summed E-state index contributed by atoms with van der Waals surface area (Å²) in [6, 6.07) is 10.4. The van der Waals surface area contributed by atoms with Crippen LogP contribution in [0.3, 0.4) is 0 Å². The standard InChI is InChI=1S/C20H19N7O2/c1-2-15-16(18(28)29)17(14-6-4-13(12-21)5-7-14)27-20(26-15)25-11-10-24-19-22-8-3-9-23-19/h3-9H,2,10-11H2,1H3,(H,28,29)(H,22,23,24)(H,25,26,27). The van der Waals surface area contributed by atoms with Gasteiger partial charge in [0.2, 0.25) is 11.9 Å². The van der Waals surface area contributed by atoms with Gasteiger partial charge in [-0.3, -0.25) is 0 Å². The molecule has 0 saturated carbocycles. The van der Waals surface area contributed by atoms with E-state index < -0.39 is 5.97 Å². The number of carbonyl (C=O) groups is 1. The zero-order valence-corrected chi connectivity index (χ0v) is 15.8. The smallest absolute Gasteiger partial charge is 0.339 e. The molecule has 3 aromatic rings. The maximum Gasteiger partial charge on any atom is 0.339 e. The summed E-state index contributed by atoms with van der Waals surface area (Å²) in [6.45, 7) is 2.86. The second-order valence-corrected chi connectivity index (χ2v) is 5.99. The van der Waals surface area contributed by atoms with E-state index in [-0.39, 0.29) is 5.56 Å². The van der Waals surface area contributed by atoms with Crippen LogP contribution in [-0.2, 0) is 6.42 Å². The summed E-state index contributed by atoms with van der Waals surface area (Å²) >= 11 is 0. The summed E-state index contributed by atoms with van der Waals surface area (Å²) < 4.78 is 0. The van der Waals surface area contributed by atoms with Crippen molar-refractivity contribution in [1.29, 1.82) is 5.26 Å². The number of rotatable bonds is 8. The fourth-order valence-corrected chi connectivity index (χ4v) is 2.72. The van der Waals surface area contributed by atoms with E-state index in [1.165, 1.54) is 0 Å². The Morgan fingerprint density at radius 3 is 2.31 bits per heavy atom. The number of anilines is 2. The van der Waals surface area contributed by atoms with Gasteiger partial charge in [-0.25, -0.2) is 24.7 Å². The molecule has 1 aromatic carbocycles. The van der Waals surface area contributed by atoms with Gasteiger partial charge in [0.1, 0.15) is 5.56 Å². The molecule has 0 saturated heterocycles. The molecule has 0 aliphatic heterocycles. The van der Waals surface area contributed by atoms with E-state index in [0.717, 1.165) is 0 Å². The van der Waals surface area contributed by atoms with Crippen molar-refractivity contribution in [1.82, 2.24) is 19.9 Å². The number of hydrogen-bond acceptors (Lipinski definition) is 8. The first kappa shape index (κ1) is 19.7. The van der Waals surface area contributed by atoms with Crippen LogP contribution in [-0.4, -0.2) is 44.1 Å². The fourth-order valence-electron chi connectivity index (χ4n) is 2.72. The van der Waals surface area contributed by atoms with Crippen LogP contribution in [0.4, 0.5) is 11.9 Å². The minimum atomic E-state index is -1.09. The molecule has 9 heteroatoms. The van der Waals surface area contributed by atoms with E-state index >= 15 is 0 Å². The zero-order valence-electron chi connectivity index (χ0n) is 15.8. The van der Waals surface area contributed by atoms with Gasteiger partial charge in [0.25, 0.3) is 0 Å². The Labute approximate surface area is 167 Å². The molecule has 0 spiro atoms. The van der Waals surface area contributed by atoms with Crippen LogP contribution in [0.5, 0.6) is 0 Å². The number of benzene rings is 1. The number of aryl methyl sites for hydroxylation is 1. The number of nitrogens with one attached hydrogen (secondary N) is 2. The number of hydrogen-bond donors (Lipinski definition) is 3. The van der Waals surface area contributed by atoms with Gasteiger partial charge in [0.05, 0.1) is 23.0 Å². The SMILES string of the molecule is CCc1nc(NCCNc2ncccn2)nc(-c2ccc(C#N)cc2)c1C(=O)O. The number of aromatic nitrogens is 4. The molecule has 0 aliphatic rings. The van der Waals surface area contributed by atoms with Gasteiger partial charge in [-0.1, -0.05) is 19.1 Å². The molecule has 29 heavy (non-hydrogen) atoms. The number of nitriles is 1. The van der Waals surface area contributed by atoms with Gasteiger partial charge >= 0.3 is 5.97 Å². The molecule has 0 fully saturated rings. The van der Waals surface area contributed by atoms with Crippen molar-refractivity contribution < 1.29 is 9.90 Å². The lowest BCUT2D eigenvalue weighted by Crippen LogP contribution is -2.18. The summed E-state index contributed by atoms with van der Waals surface area (Å²) in [7, 11) is 0. The predicted octanol–water partition coefficient (Wildman–Crippen LogP) is 2.59. The molecule has 0 aliphatic carbocycles. The quantitative estimate of drug-likeness (QED) is 0.496. The number of nitrogens with zero attached hydrogens (tertiary/aromatic N) is 5. The number of carboxylic acid groups (broad SMARTS) is 1. The lowest BCUT2D eigenvalue weighted by atomic mass is 10.0. The average molecular weight is 389 g/mol. The minimum Gasteiger partial charge on any atom is -0.478 e. The lowest BCUT2D eigenvalue weighted by molar-refractivity contribution is 0.0695. The highest BCUT2D eigenvalue weighted by molar-refractivity contribution is 5.96. The molecule has 0 amide bonds. The largest absolute Gasteiger partial charge is 0.478 e. The highest BCUT2D eigenvalue weighted by Crippen LogP contribution is 2.26. The van der Waals surface area contributed by atoms with Crippen LogP contribution >= 0.6 is 0 Å². The second kappa shape index (κ2) is 9.23. The zero-order chi connectivity index (χ0) is 20.6. The third-order valence-electron chi connectivity index (χ3n) is 4.08. The molecule has 3 rings (SSSR count). The van der Waals surface area contributed by atoms with Crippen LogP contribution in [0.25, 0.3) is 11.3 Å². The maximum atomic E-state index is 11.8. The summed E-state index contributed by atoms with van der Waals surface area (Å²) in [6.07, 6.45) is 3.74. The van der Waals surface area contributed by atoms with Crippen LogP contribution in [0.1, 0.15) is 28.5 Å². The van der Waals surface area contributed by atoms with Gasteiger partial charge in [-0.2, -0.15) is 5.26 Å². The molecule has 0 atom stereocenters. The van der Waals surface area contributed by atoms with Crippen molar-refractivity contribution >= 4 is 17.9 Å². The number of carboxylic acids is 1. The molecule has 3 N–H and O–H groups in total. The first-order valence-electron chi connectivity index (χ1n) is 9.02. The Bertz CT molecular complexity index is 1030. The molecule has 9 nitrogen and oxygen atoms in total. The van der Waals surface area contributed by atoms with Crippen LogP contribution in [0, 0.1) is 11.3 Å². The monoisotopic (exact) mass is 389 g/mol. The van der Waals surface area contributed by atoms with Crippen molar-refractivity contribution in [2.45, 2.75) is 13.3 Å². The molecule has 146 valence electrons. The third-order valence-corrected chi connectivity index (χ3v) is 4.08. The van der Waals surface area contributed by atoms with Crippen molar-refractivity contribution in [3.8, 4) is 17.3 Å². The molecular weight excluding hydrogens is 370 g/mol. The third kappa shape index (κ3) is 4.81. The maximum absolute atomic E-state index is 11.8. The Morgan fingerprint density at radius 2 is 1.72 bits per heavy atom. The van der Waals surface area contributed by atoms with E-state index in [2.05, 4.69) is 30.6 Å². The van der Waals surface area contributed by atoms with Crippen molar-refractivity contribution in [3.63, 3.8) is 0 Å². The Balaban J connectivity index is 1.84. The summed E-state index contributed by atoms with van der Waals surface area (Å²) in [5, 5.41) is 24.8. The summed E-state index contributed by atoms with van der Waals surface area (Å²) in [5.41, 5.74) is 1.92. The molecule has 0 bridgehead atoms. The minimum absolute atomic E-state index is 0.0681. The first-order chi connectivity index (χ1) is 14.1. The molecule has 2 aromatic heterocycles. The van der Waals surface area contributed by atoms with Crippen LogP contribution in [0.15, 0.2) is 42.7 Å². The average Bonchev–Trinajstić information content (AvgIpc) is 2.76. The Hall–Kier alpha value is -4.06. The van der Waals surface area contributed by atoms with Crippen molar-refractivity contribution in [3.05, 3.63) is 59.5 Å². The van der Waals surface area contributed by atoms with E-state index in [9.17, 15) is 9.90 Å². The predicted molar refractivity (Wildman–Crippen MR) is 108 cm³/mol. The van der Waals surface area contributed by atoms with E-state index in [1.54, 1.807) is 42.7 Å². The Kier molecular flexibility index (Phi) is 6.27. The van der Waals surface area contributed by atoms with E-state index in [0.29, 0.717) is 53.9 Å². The van der Waals surface area contributed by atoms with Gasteiger partial charge in [-0.15, -0.1) is 0 Å². The highest BCUT2D eigenvalue weighted by Gasteiger charge is 2.20. The topological polar surface area (TPSA) is 137 Å². The molecular formula is C20H19N7O2. The highest BCUT2D eigenvalue weighted by atomic mass is 16.4. The van der Waals surface area contributed by atoms with Gasteiger partial charge in [0.15, 0.2) is 0 Å².